The van der Waals surface area contributed by atoms with Crippen molar-refractivity contribution < 1.29 is 9.53 Å². The van der Waals surface area contributed by atoms with Gasteiger partial charge in [0.2, 0.25) is 11.9 Å². The lowest BCUT2D eigenvalue weighted by Crippen LogP contribution is -2.45. The quantitative estimate of drug-likeness (QED) is 0.396. The topological polar surface area (TPSA) is 108 Å². The number of piperazine rings is 1. The molecular weight excluding hydrogens is 468 g/mol. The molecule has 3 heterocycles. The number of aromatic nitrogens is 4. The standard InChI is InChI=1S/C27H28N8O2/c1-34-14-16-35(17-15-34)27-32-24(19-8-10-22(37-2)11-9-19)31-26(33-27)30-23-18-20(12-13-28-23)25(36)29-21-6-4-3-5-7-21/h3-13,18H,14-17H2,1-2H3,(H,29,36)(H,28,30,31,32,33). The molecule has 1 amide bonds. The van der Waals surface area contributed by atoms with E-state index in [2.05, 4.69) is 42.4 Å². The summed E-state index contributed by atoms with van der Waals surface area (Å²) in [6, 6.07) is 20.2. The number of para-hydroxylation sites is 1. The molecule has 0 atom stereocenters. The number of carbonyl (C=O) groups excluding carboxylic acids is 1. The van der Waals surface area contributed by atoms with Crippen molar-refractivity contribution in [3.8, 4) is 17.1 Å². The third-order valence-electron chi connectivity index (χ3n) is 6.05. The number of hydrogen-bond acceptors (Lipinski definition) is 9. The van der Waals surface area contributed by atoms with Crippen LogP contribution in [0.1, 0.15) is 10.4 Å². The molecule has 0 aliphatic carbocycles. The molecule has 0 spiro atoms. The number of nitrogens with one attached hydrogen (secondary N) is 2. The Morgan fingerprint density at radius 3 is 2.41 bits per heavy atom. The molecule has 0 bridgehead atoms. The van der Waals surface area contributed by atoms with Gasteiger partial charge in [0.25, 0.3) is 5.91 Å². The van der Waals surface area contributed by atoms with Crippen LogP contribution in [0.25, 0.3) is 11.4 Å². The number of ether oxygens (including phenoxy) is 1. The van der Waals surface area contributed by atoms with Crippen LogP contribution < -0.4 is 20.3 Å². The van der Waals surface area contributed by atoms with Gasteiger partial charge in [0.05, 0.1) is 7.11 Å². The summed E-state index contributed by atoms with van der Waals surface area (Å²) in [5.74, 6) is 2.45. The Morgan fingerprint density at radius 2 is 1.68 bits per heavy atom. The Bertz CT molecular complexity index is 1360. The fourth-order valence-electron chi connectivity index (χ4n) is 3.92. The van der Waals surface area contributed by atoms with Crippen LogP contribution >= 0.6 is 0 Å². The first-order chi connectivity index (χ1) is 18.1. The van der Waals surface area contributed by atoms with Gasteiger partial charge in [0, 0.05) is 49.2 Å². The SMILES string of the molecule is COc1ccc(-c2nc(Nc3cc(C(=O)Nc4ccccc4)ccn3)nc(N3CCN(C)CC3)n2)cc1. The minimum Gasteiger partial charge on any atom is -0.497 e. The molecule has 2 aromatic heterocycles. The van der Waals surface area contributed by atoms with Crippen molar-refractivity contribution in [2.24, 2.45) is 0 Å². The van der Waals surface area contributed by atoms with Crippen molar-refractivity contribution in [2.45, 2.75) is 0 Å². The molecule has 10 heteroatoms. The molecule has 0 saturated carbocycles. The maximum atomic E-state index is 12.8. The van der Waals surface area contributed by atoms with Crippen LogP contribution in [0, 0.1) is 0 Å². The lowest BCUT2D eigenvalue weighted by Gasteiger charge is -2.32. The van der Waals surface area contributed by atoms with Gasteiger partial charge in [0.1, 0.15) is 11.6 Å². The second kappa shape index (κ2) is 11.0. The minimum atomic E-state index is -0.232. The van der Waals surface area contributed by atoms with Crippen molar-refractivity contribution in [3.63, 3.8) is 0 Å². The Kier molecular flexibility index (Phi) is 7.18. The van der Waals surface area contributed by atoms with E-state index in [1.807, 2.05) is 54.6 Å². The Hall–Kier alpha value is -4.57. The summed E-state index contributed by atoms with van der Waals surface area (Å²) in [4.78, 5) is 35.7. The third kappa shape index (κ3) is 5.99. The highest BCUT2D eigenvalue weighted by Gasteiger charge is 2.19. The number of carbonyl (C=O) groups is 1. The zero-order chi connectivity index (χ0) is 25.6. The molecule has 1 fully saturated rings. The molecule has 1 saturated heterocycles. The molecular formula is C27H28N8O2. The summed E-state index contributed by atoms with van der Waals surface area (Å²) in [5, 5.41) is 6.06. The molecule has 2 aromatic carbocycles. The van der Waals surface area contributed by atoms with Gasteiger partial charge in [0.15, 0.2) is 5.82 Å². The summed E-state index contributed by atoms with van der Waals surface area (Å²) in [6.07, 6.45) is 1.58. The smallest absolute Gasteiger partial charge is 0.255 e. The van der Waals surface area contributed by atoms with Crippen molar-refractivity contribution in [2.75, 3.05) is 55.9 Å². The first-order valence-electron chi connectivity index (χ1n) is 12.0. The van der Waals surface area contributed by atoms with E-state index in [0.717, 1.165) is 43.2 Å². The van der Waals surface area contributed by atoms with Crippen LogP contribution in [0.15, 0.2) is 72.9 Å². The fraction of sp³-hybridized carbons (Fsp3) is 0.222. The van der Waals surface area contributed by atoms with Crippen LogP contribution in [-0.2, 0) is 0 Å². The van der Waals surface area contributed by atoms with Crippen LogP contribution in [0.2, 0.25) is 0 Å². The zero-order valence-corrected chi connectivity index (χ0v) is 20.8. The van der Waals surface area contributed by atoms with Crippen LogP contribution in [0.4, 0.5) is 23.4 Å². The van der Waals surface area contributed by atoms with Crippen LogP contribution in [0.5, 0.6) is 5.75 Å². The van der Waals surface area contributed by atoms with E-state index in [1.165, 1.54) is 0 Å². The summed E-state index contributed by atoms with van der Waals surface area (Å²) < 4.78 is 5.29. The molecule has 4 aromatic rings. The van der Waals surface area contributed by atoms with Crippen molar-refractivity contribution in [1.29, 1.82) is 0 Å². The normalized spacial score (nSPS) is 13.7. The summed E-state index contributed by atoms with van der Waals surface area (Å²) in [6.45, 7) is 3.48. The maximum Gasteiger partial charge on any atom is 0.255 e. The summed E-state index contributed by atoms with van der Waals surface area (Å²) in [7, 11) is 3.74. The molecule has 0 unspecified atom stereocenters. The lowest BCUT2D eigenvalue weighted by molar-refractivity contribution is 0.102. The first-order valence-corrected chi connectivity index (χ1v) is 12.0. The molecule has 2 N–H and O–H groups in total. The maximum absolute atomic E-state index is 12.8. The predicted molar refractivity (Wildman–Crippen MR) is 143 cm³/mol. The molecule has 5 rings (SSSR count). The van der Waals surface area contributed by atoms with Gasteiger partial charge in [-0.2, -0.15) is 15.0 Å². The number of amides is 1. The highest BCUT2D eigenvalue weighted by molar-refractivity contribution is 6.04. The molecule has 1 aliphatic heterocycles. The number of pyridine rings is 1. The average molecular weight is 497 g/mol. The van der Waals surface area contributed by atoms with E-state index in [0.29, 0.717) is 29.1 Å². The van der Waals surface area contributed by atoms with Gasteiger partial charge in [-0.15, -0.1) is 0 Å². The second-order valence-electron chi connectivity index (χ2n) is 8.68. The number of benzene rings is 2. The lowest BCUT2D eigenvalue weighted by atomic mass is 10.2. The van der Waals surface area contributed by atoms with Crippen molar-refractivity contribution >= 4 is 29.3 Å². The van der Waals surface area contributed by atoms with Gasteiger partial charge < -0.3 is 25.2 Å². The number of rotatable bonds is 7. The van der Waals surface area contributed by atoms with E-state index < -0.39 is 0 Å². The largest absolute Gasteiger partial charge is 0.497 e. The van der Waals surface area contributed by atoms with Gasteiger partial charge >= 0.3 is 0 Å². The number of likely N-dealkylation sites (N-methyl/N-ethyl adjacent to an activating group) is 1. The van der Waals surface area contributed by atoms with Crippen LogP contribution in [0.3, 0.4) is 0 Å². The van der Waals surface area contributed by atoms with Gasteiger partial charge in [-0.1, -0.05) is 18.2 Å². The summed E-state index contributed by atoms with van der Waals surface area (Å²) >= 11 is 0. The van der Waals surface area contributed by atoms with Gasteiger partial charge in [-0.3, -0.25) is 4.79 Å². The molecule has 10 nitrogen and oxygen atoms in total. The number of hydrogen-bond donors (Lipinski definition) is 2. The number of nitrogens with zero attached hydrogens (tertiary/aromatic N) is 6. The highest BCUT2D eigenvalue weighted by atomic mass is 16.5. The monoisotopic (exact) mass is 496 g/mol. The molecule has 37 heavy (non-hydrogen) atoms. The fourth-order valence-corrected chi connectivity index (χ4v) is 3.92. The van der Waals surface area contributed by atoms with Crippen molar-refractivity contribution in [1.82, 2.24) is 24.8 Å². The molecule has 0 radical (unpaired) electrons. The van der Waals surface area contributed by atoms with Crippen LogP contribution in [-0.4, -0.2) is 71.1 Å². The van der Waals surface area contributed by atoms with Gasteiger partial charge in [-0.05, 0) is 55.6 Å². The predicted octanol–water partition coefficient (Wildman–Crippen LogP) is 3.69. The van der Waals surface area contributed by atoms with E-state index in [-0.39, 0.29) is 5.91 Å². The molecule has 1 aliphatic rings. The third-order valence-corrected chi connectivity index (χ3v) is 6.05. The number of methoxy groups -OCH3 is 1. The van der Waals surface area contributed by atoms with E-state index in [4.69, 9.17) is 9.72 Å². The van der Waals surface area contributed by atoms with Crippen molar-refractivity contribution in [3.05, 3.63) is 78.5 Å². The average Bonchev–Trinajstić information content (AvgIpc) is 2.94. The zero-order valence-electron chi connectivity index (χ0n) is 20.8. The number of anilines is 4. The Balaban J connectivity index is 1.42. The van der Waals surface area contributed by atoms with E-state index in [9.17, 15) is 4.79 Å². The second-order valence-corrected chi connectivity index (χ2v) is 8.68. The Labute approximate surface area is 215 Å². The van der Waals surface area contributed by atoms with E-state index >= 15 is 0 Å². The minimum absolute atomic E-state index is 0.232. The summed E-state index contributed by atoms with van der Waals surface area (Å²) in [5.41, 5.74) is 2.02. The Morgan fingerprint density at radius 1 is 0.919 bits per heavy atom. The van der Waals surface area contributed by atoms with E-state index in [1.54, 1.807) is 25.4 Å². The molecule has 188 valence electrons. The first kappa shape index (κ1) is 24.1. The van der Waals surface area contributed by atoms with Gasteiger partial charge in [-0.25, -0.2) is 4.98 Å². The highest BCUT2D eigenvalue weighted by Crippen LogP contribution is 2.24.